The first-order valence-corrected chi connectivity index (χ1v) is 8.47. The molecular weight excluding hydrogens is 360 g/mol. The van der Waals surface area contributed by atoms with Crippen LogP contribution < -0.4 is 15.6 Å². The summed E-state index contributed by atoms with van der Waals surface area (Å²) in [7, 11) is 1.55. The zero-order chi connectivity index (χ0) is 19.9. The van der Waals surface area contributed by atoms with E-state index in [2.05, 4.69) is 10.9 Å². The number of fused-ring (bicyclic) bond motifs is 1. The van der Waals surface area contributed by atoms with E-state index in [1.165, 1.54) is 0 Å². The molecule has 0 aliphatic carbocycles. The number of esters is 1. The van der Waals surface area contributed by atoms with E-state index in [9.17, 15) is 14.4 Å². The number of hydrogen-bond acceptors (Lipinski definition) is 5. The van der Waals surface area contributed by atoms with Crippen molar-refractivity contribution >= 4 is 28.6 Å². The maximum atomic E-state index is 12.4. The van der Waals surface area contributed by atoms with Crippen LogP contribution in [-0.4, -0.2) is 31.5 Å². The average Bonchev–Trinajstić information content (AvgIpc) is 2.75. The number of hydrogen-bond donors (Lipinski definition) is 2. The van der Waals surface area contributed by atoms with Gasteiger partial charge in [0.05, 0.1) is 12.7 Å². The van der Waals surface area contributed by atoms with Gasteiger partial charge < -0.3 is 9.47 Å². The summed E-state index contributed by atoms with van der Waals surface area (Å²) >= 11 is 0. The fraction of sp³-hybridized carbons (Fsp3) is 0.0952. The summed E-state index contributed by atoms with van der Waals surface area (Å²) in [6.07, 6.45) is 0. The van der Waals surface area contributed by atoms with E-state index in [1.807, 2.05) is 12.1 Å². The summed E-state index contributed by atoms with van der Waals surface area (Å²) in [5.41, 5.74) is 5.18. The topological polar surface area (TPSA) is 93.7 Å². The van der Waals surface area contributed by atoms with Gasteiger partial charge in [-0.25, -0.2) is 4.79 Å². The van der Waals surface area contributed by atoms with Gasteiger partial charge in [-0.05, 0) is 29.7 Å². The van der Waals surface area contributed by atoms with Gasteiger partial charge in [0.25, 0.3) is 11.8 Å². The Labute approximate surface area is 161 Å². The van der Waals surface area contributed by atoms with Crippen LogP contribution in [0.25, 0.3) is 10.8 Å². The lowest BCUT2D eigenvalue weighted by Gasteiger charge is -2.11. The van der Waals surface area contributed by atoms with Crippen LogP contribution in [-0.2, 0) is 9.53 Å². The molecule has 0 radical (unpaired) electrons. The second-order valence-corrected chi connectivity index (χ2v) is 5.81. The maximum Gasteiger partial charge on any atom is 0.339 e. The lowest BCUT2D eigenvalue weighted by Crippen LogP contribution is -2.43. The third-order valence-electron chi connectivity index (χ3n) is 4.01. The molecule has 2 amide bonds. The Bertz CT molecular complexity index is 1020. The Kier molecular flexibility index (Phi) is 5.86. The van der Waals surface area contributed by atoms with Crippen LogP contribution in [0.2, 0.25) is 0 Å². The molecule has 3 aromatic carbocycles. The number of carbonyl (C=O) groups excluding carboxylic acids is 3. The fourth-order valence-corrected chi connectivity index (χ4v) is 2.66. The molecular formula is C21H18N2O5. The highest BCUT2D eigenvalue weighted by molar-refractivity contribution is 6.06. The van der Waals surface area contributed by atoms with Gasteiger partial charge in [-0.1, -0.05) is 42.5 Å². The summed E-state index contributed by atoms with van der Waals surface area (Å²) < 4.78 is 10.4. The summed E-state index contributed by atoms with van der Waals surface area (Å²) in [5.74, 6) is -1.14. The van der Waals surface area contributed by atoms with Crippen LogP contribution in [0.1, 0.15) is 20.7 Å². The molecule has 0 aliphatic heterocycles. The van der Waals surface area contributed by atoms with Gasteiger partial charge in [0, 0.05) is 10.9 Å². The zero-order valence-electron chi connectivity index (χ0n) is 15.1. The van der Waals surface area contributed by atoms with Crippen molar-refractivity contribution in [2.75, 3.05) is 13.7 Å². The second kappa shape index (κ2) is 8.68. The summed E-state index contributed by atoms with van der Waals surface area (Å²) in [6.45, 7) is -0.533. The number of rotatable bonds is 5. The number of benzene rings is 3. The molecule has 28 heavy (non-hydrogen) atoms. The largest absolute Gasteiger partial charge is 0.496 e. The predicted molar refractivity (Wildman–Crippen MR) is 103 cm³/mol. The molecule has 0 spiro atoms. The van der Waals surface area contributed by atoms with Gasteiger partial charge in [-0.3, -0.25) is 20.4 Å². The van der Waals surface area contributed by atoms with E-state index in [0.717, 1.165) is 5.39 Å². The van der Waals surface area contributed by atoms with Crippen LogP contribution in [0.4, 0.5) is 0 Å². The van der Waals surface area contributed by atoms with Crippen molar-refractivity contribution in [1.82, 2.24) is 10.9 Å². The normalized spacial score (nSPS) is 10.2. The van der Waals surface area contributed by atoms with Gasteiger partial charge >= 0.3 is 5.97 Å². The number of nitrogens with one attached hydrogen (secondary N) is 2. The number of methoxy groups -OCH3 is 1. The Balaban J connectivity index is 1.59. The monoisotopic (exact) mass is 378 g/mol. The fourth-order valence-electron chi connectivity index (χ4n) is 2.66. The summed E-state index contributed by atoms with van der Waals surface area (Å²) in [5, 5.41) is 1.42. The molecule has 0 saturated heterocycles. The third kappa shape index (κ3) is 4.27. The predicted octanol–water partition coefficient (Wildman–Crippen LogP) is 2.47. The molecule has 0 bridgehead atoms. The van der Waals surface area contributed by atoms with E-state index in [4.69, 9.17) is 9.47 Å². The molecule has 0 atom stereocenters. The minimum atomic E-state index is -0.657. The summed E-state index contributed by atoms with van der Waals surface area (Å²) in [4.78, 5) is 36.1. The van der Waals surface area contributed by atoms with Gasteiger partial charge in [0.2, 0.25) is 0 Å². The number of hydrazine groups is 1. The highest BCUT2D eigenvalue weighted by atomic mass is 16.5. The molecule has 0 fully saturated rings. The first-order valence-electron chi connectivity index (χ1n) is 8.47. The molecule has 0 saturated carbocycles. The molecule has 0 unspecified atom stereocenters. The molecule has 0 heterocycles. The molecule has 3 aromatic rings. The van der Waals surface area contributed by atoms with E-state index >= 15 is 0 Å². The minimum Gasteiger partial charge on any atom is -0.496 e. The number of carbonyl (C=O) groups is 3. The van der Waals surface area contributed by atoms with Gasteiger partial charge in [0.1, 0.15) is 5.75 Å². The lowest BCUT2D eigenvalue weighted by molar-refractivity contribution is -0.125. The van der Waals surface area contributed by atoms with Crippen LogP contribution in [0.3, 0.4) is 0 Å². The Morgan fingerprint density at radius 3 is 2.21 bits per heavy atom. The average molecular weight is 378 g/mol. The quantitative estimate of drug-likeness (QED) is 0.525. The van der Waals surface area contributed by atoms with Crippen LogP contribution in [0.15, 0.2) is 66.7 Å². The molecule has 0 aliphatic rings. The molecule has 7 heteroatoms. The van der Waals surface area contributed by atoms with Crippen molar-refractivity contribution in [1.29, 1.82) is 0 Å². The summed E-state index contributed by atoms with van der Waals surface area (Å²) in [6, 6.07) is 18.9. The molecule has 3 rings (SSSR count). The van der Waals surface area contributed by atoms with Crippen molar-refractivity contribution in [3.63, 3.8) is 0 Å². The van der Waals surface area contributed by atoms with Crippen molar-refractivity contribution in [2.24, 2.45) is 0 Å². The lowest BCUT2D eigenvalue weighted by atomic mass is 10.0. The van der Waals surface area contributed by atoms with E-state index in [1.54, 1.807) is 61.7 Å². The van der Waals surface area contributed by atoms with Crippen molar-refractivity contribution in [3.8, 4) is 5.75 Å². The molecule has 2 N–H and O–H groups in total. The van der Waals surface area contributed by atoms with E-state index in [-0.39, 0.29) is 0 Å². The van der Waals surface area contributed by atoms with Crippen LogP contribution in [0.5, 0.6) is 5.75 Å². The SMILES string of the molecule is COc1ccc(C(=O)OCC(=O)NNC(=O)c2ccccc2)c2ccccc12. The Hall–Kier alpha value is -3.87. The maximum absolute atomic E-state index is 12.4. The Morgan fingerprint density at radius 1 is 0.821 bits per heavy atom. The second-order valence-electron chi connectivity index (χ2n) is 5.81. The van der Waals surface area contributed by atoms with Crippen molar-refractivity contribution < 1.29 is 23.9 Å². The van der Waals surface area contributed by atoms with Crippen LogP contribution in [0, 0.1) is 0 Å². The van der Waals surface area contributed by atoms with Gasteiger partial charge in [-0.15, -0.1) is 0 Å². The van der Waals surface area contributed by atoms with Gasteiger partial charge in [-0.2, -0.15) is 0 Å². The molecule has 0 aromatic heterocycles. The van der Waals surface area contributed by atoms with E-state index < -0.39 is 24.4 Å². The van der Waals surface area contributed by atoms with Crippen molar-refractivity contribution in [2.45, 2.75) is 0 Å². The third-order valence-corrected chi connectivity index (χ3v) is 4.01. The molecule has 142 valence electrons. The zero-order valence-corrected chi connectivity index (χ0v) is 15.1. The number of amides is 2. The van der Waals surface area contributed by atoms with Gasteiger partial charge in [0.15, 0.2) is 6.61 Å². The highest BCUT2D eigenvalue weighted by Crippen LogP contribution is 2.28. The minimum absolute atomic E-state index is 0.317. The first-order chi connectivity index (χ1) is 13.6. The van der Waals surface area contributed by atoms with Crippen molar-refractivity contribution in [3.05, 3.63) is 77.9 Å². The standard InChI is InChI=1S/C21H18N2O5/c1-27-18-12-11-17(15-9-5-6-10-16(15)18)21(26)28-13-19(24)22-23-20(25)14-7-3-2-4-8-14/h2-12H,13H2,1H3,(H,22,24)(H,23,25). The smallest absolute Gasteiger partial charge is 0.339 e. The molecule has 7 nitrogen and oxygen atoms in total. The Morgan fingerprint density at radius 2 is 1.50 bits per heavy atom. The highest BCUT2D eigenvalue weighted by Gasteiger charge is 2.15. The van der Waals surface area contributed by atoms with Crippen LogP contribution >= 0.6 is 0 Å². The van der Waals surface area contributed by atoms with E-state index in [0.29, 0.717) is 22.3 Å². The number of ether oxygens (including phenoxy) is 2. The first kappa shape index (κ1) is 18.9.